The fourth-order valence-corrected chi connectivity index (χ4v) is 3.45. The molecule has 162 valence electrons. The molecule has 0 fully saturated rings. The van der Waals surface area contributed by atoms with E-state index in [0.29, 0.717) is 40.3 Å². The predicted molar refractivity (Wildman–Crippen MR) is 114 cm³/mol. The first-order valence-corrected chi connectivity index (χ1v) is 9.89. The fourth-order valence-electron chi connectivity index (χ4n) is 3.45. The molecule has 0 spiro atoms. The number of amides is 1. The van der Waals surface area contributed by atoms with Crippen molar-refractivity contribution >= 4 is 28.7 Å². The highest BCUT2D eigenvalue weighted by atomic mass is 16.5. The number of fused-ring (bicyclic) bond motifs is 1. The molecule has 0 aliphatic carbocycles. The lowest BCUT2D eigenvalue weighted by Crippen LogP contribution is -2.23. The van der Waals surface area contributed by atoms with Gasteiger partial charge in [0.25, 0.3) is 5.91 Å². The van der Waals surface area contributed by atoms with Crippen LogP contribution in [0.25, 0.3) is 11.0 Å². The molecule has 0 atom stereocenters. The zero-order chi connectivity index (χ0) is 22.7. The lowest BCUT2D eigenvalue weighted by atomic mass is 10.2. The van der Waals surface area contributed by atoms with Crippen LogP contribution >= 0.6 is 0 Å². The van der Waals surface area contributed by atoms with E-state index in [-0.39, 0.29) is 6.42 Å². The van der Waals surface area contributed by atoms with E-state index in [0.717, 1.165) is 11.3 Å². The summed E-state index contributed by atoms with van der Waals surface area (Å²) in [5, 5.41) is 16.9. The molecular formula is C23H20N4O5. The molecule has 0 radical (unpaired) electrons. The van der Waals surface area contributed by atoms with E-state index in [2.05, 4.69) is 16.5 Å². The van der Waals surface area contributed by atoms with Crippen molar-refractivity contribution in [3.63, 3.8) is 0 Å². The number of ether oxygens (including phenoxy) is 1. The lowest BCUT2D eigenvalue weighted by Gasteiger charge is -2.12. The van der Waals surface area contributed by atoms with E-state index in [1.807, 2.05) is 26.0 Å². The summed E-state index contributed by atoms with van der Waals surface area (Å²) in [4.78, 5) is 24.7. The molecule has 1 amide bonds. The van der Waals surface area contributed by atoms with Gasteiger partial charge < -0.3 is 23.6 Å². The zero-order valence-electron chi connectivity index (χ0n) is 17.5. The number of anilines is 1. The van der Waals surface area contributed by atoms with Crippen molar-refractivity contribution in [1.82, 2.24) is 9.72 Å². The third-order valence-corrected chi connectivity index (χ3v) is 5.22. The number of rotatable bonds is 7. The van der Waals surface area contributed by atoms with Gasteiger partial charge in [0.2, 0.25) is 0 Å². The van der Waals surface area contributed by atoms with Crippen LogP contribution in [0.15, 0.2) is 51.6 Å². The Kier molecular flexibility index (Phi) is 5.77. The summed E-state index contributed by atoms with van der Waals surface area (Å²) in [7, 11) is 0. The third-order valence-electron chi connectivity index (χ3n) is 5.22. The highest BCUT2D eigenvalue weighted by Crippen LogP contribution is 2.27. The summed E-state index contributed by atoms with van der Waals surface area (Å²) in [6.07, 6.45) is 1.43. The number of carbonyl (C=O) groups excluding carboxylic acids is 2. The number of hydrogen-bond donors (Lipinski definition) is 1. The van der Waals surface area contributed by atoms with E-state index in [1.165, 1.54) is 0 Å². The van der Waals surface area contributed by atoms with Crippen molar-refractivity contribution in [3.05, 3.63) is 70.9 Å². The molecule has 0 aliphatic heterocycles. The molecule has 4 rings (SSSR count). The van der Waals surface area contributed by atoms with E-state index >= 15 is 0 Å². The number of nitrogens with one attached hydrogen (secondary N) is 1. The third kappa shape index (κ3) is 4.11. The number of benzene rings is 1. The molecule has 0 bridgehead atoms. The van der Waals surface area contributed by atoms with Crippen LogP contribution in [0.3, 0.4) is 0 Å². The monoisotopic (exact) mass is 432 g/mol. The van der Waals surface area contributed by atoms with Crippen molar-refractivity contribution in [2.45, 2.75) is 26.8 Å². The molecule has 9 nitrogen and oxygen atoms in total. The normalized spacial score (nSPS) is 10.8. The second-order valence-electron chi connectivity index (χ2n) is 7.22. The van der Waals surface area contributed by atoms with Gasteiger partial charge in [0.1, 0.15) is 23.3 Å². The predicted octanol–water partition coefficient (Wildman–Crippen LogP) is 3.48. The first kappa shape index (κ1) is 20.9. The maximum absolute atomic E-state index is 12.5. The number of aromatic nitrogens is 2. The quantitative estimate of drug-likeness (QED) is 0.443. The van der Waals surface area contributed by atoms with E-state index in [1.54, 1.807) is 35.1 Å². The highest BCUT2D eigenvalue weighted by molar-refractivity contribution is 5.94. The molecule has 1 N–H and O–H groups in total. The first-order valence-electron chi connectivity index (χ1n) is 9.89. The van der Waals surface area contributed by atoms with Gasteiger partial charge in [-0.3, -0.25) is 9.59 Å². The average molecular weight is 432 g/mol. The minimum Gasteiger partial charge on any atom is -0.467 e. The number of nitriles is 1. The Morgan fingerprint density at radius 1 is 1.22 bits per heavy atom. The van der Waals surface area contributed by atoms with Crippen molar-refractivity contribution in [2.24, 2.45) is 0 Å². The number of carbonyl (C=O) groups is 2. The molecule has 0 unspecified atom stereocenters. The molecule has 0 aliphatic rings. The summed E-state index contributed by atoms with van der Waals surface area (Å²) in [6, 6.07) is 12.9. The molecule has 1 aromatic carbocycles. The average Bonchev–Trinajstić information content (AvgIpc) is 3.50. The minimum atomic E-state index is -0.613. The lowest BCUT2D eigenvalue weighted by molar-refractivity contribution is -0.146. The Labute approximate surface area is 183 Å². The second-order valence-corrected chi connectivity index (χ2v) is 7.22. The van der Waals surface area contributed by atoms with Crippen molar-refractivity contribution in [1.29, 1.82) is 5.26 Å². The van der Waals surface area contributed by atoms with Crippen LogP contribution in [0.5, 0.6) is 0 Å². The van der Waals surface area contributed by atoms with Gasteiger partial charge in [-0.2, -0.15) is 5.26 Å². The summed E-state index contributed by atoms with van der Waals surface area (Å²) in [6.45, 7) is 3.51. The van der Waals surface area contributed by atoms with Crippen LogP contribution in [0.2, 0.25) is 0 Å². The molecule has 3 heterocycles. The smallest absolute Gasteiger partial charge is 0.312 e. The second kappa shape index (κ2) is 8.81. The van der Waals surface area contributed by atoms with Gasteiger partial charge in [0.05, 0.1) is 24.8 Å². The number of furan rings is 1. The van der Waals surface area contributed by atoms with Crippen molar-refractivity contribution in [3.8, 4) is 6.07 Å². The molecule has 9 heteroatoms. The largest absolute Gasteiger partial charge is 0.467 e. The molecular weight excluding hydrogens is 412 g/mol. The van der Waals surface area contributed by atoms with Crippen molar-refractivity contribution < 1.29 is 23.3 Å². The van der Waals surface area contributed by atoms with Crippen LogP contribution in [0, 0.1) is 25.2 Å². The molecule has 0 saturated heterocycles. The summed E-state index contributed by atoms with van der Waals surface area (Å²) >= 11 is 0. The van der Waals surface area contributed by atoms with Crippen LogP contribution in [0.1, 0.15) is 28.3 Å². The van der Waals surface area contributed by atoms with Crippen LogP contribution in [-0.4, -0.2) is 28.2 Å². The van der Waals surface area contributed by atoms with Gasteiger partial charge in [0.15, 0.2) is 12.2 Å². The number of esters is 1. The van der Waals surface area contributed by atoms with Crippen LogP contribution in [-0.2, 0) is 27.3 Å². The standard InChI is InChI=1S/C23H20N4O5/c1-14-15(2)27(12-16-6-5-9-30-16)23(18(14)11-24)25-21(28)13-31-22(29)10-19-17-7-3-4-8-20(17)32-26-19/h3-9H,10,12-13H2,1-2H3,(H,25,28). The van der Waals surface area contributed by atoms with Gasteiger partial charge in [-0.15, -0.1) is 0 Å². The number of nitrogens with zero attached hydrogens (tertiary/aromatic N) is 3. The van der Waals surface area contributed by atoms with Gasteiger partial charge in [-0.05, 0) is 43.7 Å². The van der Waals surface area contributed by atoms with E-state index < -0.39 is 18.5 Å². The maximum atomic E-state index is 12.5. The Balaban J connectivity index is 1.43. The highest BCUT2D eigenvalue weighted by Gasteiger charge is 2.21. The Hall–Kier alpha value is -4.32. The molecule has 32 heavy (non-hydrogen) atoms. The van der Waals surface area contributed by atoms with E-state index in [9.17, 15) is 14.9 Å². The summed E-state index contributed by atoms with van der Waals surface area (Å²) in [5.41, 5.74) is 2.94. The van der Waals surface area contributed by atoms with E-state index in [4.69, 9.17) is 13.7 Å². The maximum Gasteiger partial charge on any atom is 0.312 e. The van der Waals surface area contributed by atoms with Gasteiger partial charge in [0, 0.05) is 11.1 Å². The first-order chi connectivity index (χ1) is 15.5. The summed E-state index contributed by atoms with van der Waals surface area (Å²) < 4.78 is 17.5. The molecule has 3 aromatic heterocycles. The summed E-state index contributed by atoms with van der Waals surface area (Å²) in [5.74, 6) is -0.159. The zero-order valence-corrected chi connectivity index (χ0v) is 17.5. The SMILES string of the molecule is Cc1c(C#N)c(NC(=O)COC(=O)Cc2noc3ccccc23)n(Cc2ccco2)c1C. The Morgan fingerprint density at radius 3 is 2.78 bits per heavy atom. The van der Waals surface area contributed by atoms with Gasteiger partial charge in [-0.1, -0.05) is 17.3 Å². The Bertz CT molecular complexity index is 1320. The topological polar surface area (TPSA) is 123 Å². The minimum absolute atomic E-state index is 0.124. The van der Waals surface area contributed by atoms with Gasteiger partial charge >= 0.3 is 5.97 Å². The number of para-hydroxylation sites is 1. The fraction of sp³-hybridized carbons (Fsp3) is 0.217. The molecule has 4 aromatic rings. The van der Waals surface area contributed by atoms with Crippen LogP contribution in [0.4, 0.5) is 5.82 Å². The Morgan fingerprint density at radius 2 is 2.03 bits per heavy atom. The van der Waals surface area contributed by atoms with Crippen LogP contribution < -0.4 is 5.32 Å². The van der Waals surface area contributed by atoms with Gasteiger partial charge in [-0.25, -0.2) is 0 Å². The van der Waals surface area contributed by atoms with Crippen molar-refractivity contribution in [2.75, 3.05) is 11.9 Å². The number of hydrogen-bond acceptors (Lipinski definition) is 7. The molecule has 0 saturated carbocycles.